The van der Waals surface area contributed by atoms with Crippen LogP contribution in [0.25, 0.3) is 0 Å². The van der Waals surface area contributed by atoms with E-state index in [0.29, 0.717) is 18.3 Å². The third kappa shape index (κ3) is 3.92. The SMILES string of the molecule is CC(C1=CC2=C(CC1)C(C1C/C=C(/F)CCCC1)C=C2)C1CCCCC1. The molecule has 1 fully saturated rings. The Balaban J connectivity index is 1.48. The maximum absolute atomic E-state index is 13.8. The Labute approximate surface area is 159 Å². The van der Waals surface area contributed by atoms with Crippen molar-refractivity contribution in [2.45, 2.75) is 84.0 Å². The third-order valence-electron chi connectivity index (χ3n) is 7.61. The summed E-state index contributed by atoms with van der Waals surface area (Å²) in [7, 11) is 0. The highest BCUT2D eigenvalue weighted by Crippen LogP contribution is 2.45. The van der Waals surface area contributed by atoms with Crippen molar-refractivity contribution in [2.24, 2.45) is 23.7 Å². The molecule has 1 saturated carbocycles. The Morgan fingerprint density at radius 1 is 0.962 bits per heavy atom. The highest BCUT2D eigenvalue weighted by atomic mass is 19.1. The summed E-state index contributed by atoms with van der Waals surface area (Å²) in [6.07, 6.45) is 23.9. The van der Waals surface area contributed by atoms with Gasteiger partial charge in [0.15, 0.2) is 0 Å². The van der Waals surface area contributed by atoms with E-state index in [1.807, 2.05) is 6.08 Å². The van der Waals surface area contributed by atoms with Crippen molar-refractivity contribution in [3.05, 3.63) is 46.9 Å². The van der Waals surface area contributed by atoms with Crippen molar-refractivity contribution in [3.63, 3.8) is 0 Å². The normalized spacial score (nSPS) is 33.8. The van der Waals surface area contributed by atoms with Gasteiger partial charge in [-0.25, -0.2) is 4.39 Å². The molecule has 4 aliphatic carbocycles. The average Bonchev–Trinajstić information content (AvgIpc) is 3.08. The first-order valence-corrected chi connectivity index (χ1v) is 11.2. The van der Waals surface area contributed by atoms with E-state index in [-0.39, 0.29) is 5.83 Å². The number of rotatable bonds is 3. The van der Waals surface area contributed by atoms with Crippen LogP contribution in [0.1, 0.15) is 84.0 Å². The van der Waals surface area contributed by atoms with Gasteiger partial charge in [-0.1, -0.05) is 68.1 Å². The topological polar surface area (TPSA) is 0 Å². The Bertz CT molecular complexity index is 627. The molecule has 3 unspecified atom stereocenters. The van der Waals surface area contributed by atoms with Gasteiger partial charge in [-0.05, 0) is 74.7 Å². The molecular weight excluding hydrogens is 319 g/mol. The molecule has 0 nitrogen and oxygen atoms in total. The summed E-state index contributed by atoms with van der Waals surface area (Å²) in [5, 5.41) is 0. The average molecular weight is 355 g/mol. The standard InChI is InChI=1S/C25H35F/c1-18(19-7-3-2-4-8-19)21-12-15-25-22(17-21)13-16-24(25)20-9-5-6-10-23(26)14-11-20/h13-14,16-20,24H,2-12,15H2,1H3/b23-14+. The minimum absolute atomic E-state index is 0.123. The molecule has 0 bridgehead atoms. The van der Waals surface area contributed by atoms with E-state index >= 15 is 0 Å². The van der Waals surface area contributed by atoms with Crippen molar-refractivity contribution in [1.29, 1.82) is 0 Å². The zero-order chi connectivity index (χ0) is 17.9. The second kappa shape index (κ2) is 8.28. The zero-order valence-electron chi connectivity index (χ0n) is 16.5. The van der Waals surface area contributed by atoms with Crippen molar-refractivity contribution < 1.29 is 4.39 Å². The van der Waals surface area contributed by atoms with Crippen LogP contribution in [0.4, 0.5) is 4.39 Å². The molecule has 0 N–H and O–H groups in total. The summed E-state index contributed by atoms with van der Waals surface area (Å²) >= 11 is 0. The molecule has 0 aromatic rings. The molecule has 3 atom stereocenters. The summed E-state index contributed by atoms with van der Waals surface area (Å²) < 4.78 is 13.8. The summed E-state index contributed by atoms with van der Waals surface area (Å²) in [6.45, 7) is 2.48. The first-order chi connectivity index (χ1) is 12.7. The van der Waals surface area contributed by atoms with E-state index < -0.39 is 0 Å². The Hall–Kier alpha value is -1.11. The monoisotopic (exact) mass is 354 g/mol. The van der Waals surface area contributed by atoms with Crippen LogP contribution >= 0.6 is 0 Å². The molecule has 0 aromatic heterocycles. The highest BCUT2D eigenvalue weighted by molar-refractivity contribution is 5.48. The lowest BCUT2D eigenvalue weighted by Crippen LogP contribution is -2.20. The molecule has 26 heavy (non-hydrogen) atoms. The van der Waals surface area contributed by atoms with Gasteiger partial charge in [-0.3, -0.25) is 0 Å². The first-order valence-electron chi connectivity index (χ1n) is 11.2. The van der Waals surface area contributed by atoms with Crippen molar-refractivity contribution >= 4 is 0 Å². The van der Waals surface area contributed by atoms with E-state index in [0.717, 1.165) is 24.7 Å². The van der Waals surface area contributed by atoms with Crippen molar-refractivity contribution in [1.82, 2.24) is 0 Å². The lowest BCUT2D eigenvalue weighted by atomic mass is 9.73. The number of hydrogen-bond acceptors (Lipinski definition) is 0. The van der Waals surface area contributed by atoms with E-state index in [9.17, 15) is 4.39 Å². The summed E-state index contributed by atoms with van der Waals surface area (Å²) in [4.78, 5) is 0. The zero-order valence-corrected chi connectivity index (χ0v) is 16.5. The molecule has 0 spiro atoms. The van der Waals surface area contributed by atoms with Crippen LogP contribution in [0, 0.1) is 23.7 Å². The van der Waals surface area contributed by atoms with Gasteiger partial charge in [0, 0.05) is 5.92 Å². The quantitative estimate of drug-likeness (QED) is 0.484. The lowest BCUT2D eigenvalue weighted by Gasteiger charge is -2.32. The van der Waals surface area contributed by atoms with Crippen LogP contribution < -0.4 is 0 Å². The molecule has 4 aliphatic rings. The van der Waals surface area contributed by atoms with Crippen LogP contribution in [0.3, 0.4) is 0 Å². The molecule has 0 radical (unpaired) electrons. The maximum Gasteiger partial charge on any atom is 0.0959 e. The molecule has 1 heteroatoms. The van der Waals surface area contributed by atoms with E-state index in [1.54, 1.807) is 11.1 Å². The largest absolute Gasteiger partial charge is 0.212 e. The molecule has 0 heterocycles. The van der Waals surface area contributed by atoms with Crippen LogP contribution in [0.15, 0.2) is 46.9 Å². The summed E-state index contributed by atoms with van der Waals surface area (Å²) in [5.41, 5.74) is 4.86. The van der Waals surface area contributed by atoms with E-state index in [2.05, 4.69) is 25.2 Å². The van der Waals surface area contributed by atoms with Crippen LogP contribution in [-0.2, 0) is 0 Å². The Morgan fingerprint density at radius 2 is 1.77 bits per heavy atom. The Morgan fingerprint density at radius 3 is 2.62 bits per heavy atom. The van der Waals surface area contributed by atoms with Crippen LogP contribution in [0.2, 0.25) is 0 Å². The smallest absolute Gasteiger partial charge is 0.0959 e. The van der Waals surface area contributed by atoms with Gasteiger partial charge in [0.1, 0.15) is 0 Å². The van der Waals surface area contributed by atoms with Crippen molar-refractivity contribution in [3.8, 4) is 0 Å². The number of hydrogen-bond donors (Lipinski definition) is 0. The fraction of sp³-hybridized carbons (Fsp3) is 0.680. The fourth-order valence-corrected chi connectivity index (χ4v) is 5.89. The number of halogens is 1. The van der Waals surface area contributed by atoms with Gasteiger partial charge < -0.3 is 0 Å². The molecule has 142 valence electrons. The lowest BCUT2D eigenvalue weighted by molar-refractivity contribution is 0.285. The molecule has 0 aliphatic heterocycles. The fourth-order valence-electron chi connectivity index (χ4n) is 5.89. The minimum Gasteiger partial charge on any atom is -0.212 e. The third-order valence-corrected chi connectivity index (χ3v) is 7.61. The second-order valence-electron chi connectivity index (χ2n) is 9.16. The van der Waals surface area contributed by atoms with Gasteiger partial charge in [-0.2, -0.15) is 0 Å². The second-order valence-corrected chi connectivity index (χ2v) is 9.16. The Kier molecular flexibility index (Phi) is 5.81. The molecule has 0 amide bonds. The molecule has 4 rings (SSSR count). The van der Waals surface area contributed by atoms with Gasteiger partial charge >= 0.3 is 0 Å². The highest BCUT2D eigenvalue weighted by Gasteiger charge is 2.31. The first kappa shape index (κ1) is 18.3. The molecular formula is C25H35F. The van der Waals surface area contributed by atoms with Crippen LogP contribution in [0.5, 0.6) is 0 Å². The van der Waals surface area contributed by atoms with Crippen molar-refractivity contribution in [2.75, 3.05) is 0 Å². The maximum atomic E-state index is 13.8. The van der Waals surface area contributed by atoms with E-state index in [1.165, 1.54) is 63.4 Å². The molecule has 0 aromatic carbocycles. The van der Waals surface area contributed by atoms with Gasteiger partial charge in [0.2, 0.25) is 0 Å². The van der Waals surface area contributed by atoms with Gasteiger partial charge in [0.05, 0.1) is 5.83 Å². The summed E-state index contributed by atoms with van der Waals surface area (Å²) in [5.74, 6) is 2.97. The predicted molar refractivity (Wildman–Crippen MR) is 108 cm³/mol. The summed E-state index contributed by atoms with van der Waals surface area (Å²) in [6, 6.07) is 0. The molecule has 0 saturated heterocycles. The van der Waals surface area contributed by atoms with Crippen LogP contribution in [-0.4, -0.2) is 0 Å². The van der Waals surface area contributed by atoms with E-state index in [4.69, 9.17) is 0 Å². The van der Waals surface area contributed by atoms with Gasteiger partial charge in [-0.15, -0.1) is 0 Å². The van der Waals surface area contributed by atoms with Gasteiger partial charge in [0.25, 0.3) is 0 Å². The minimum atomic E-state index is 0.123. The predicted octanol–water partition coefficient (Wildman–Crippen LogP) is 7.84. The number of allylic oxidation sites excluding steroid dienone is 8.